The number of hydrogen-bond acceptors (Lipinski definition) is 3. The lowest BCUT2D eigenvalue weighted by molar-refractivity contribution is 0.175. The van der Waals surface area contributed by atoms with E-state index in [-0.39, 0.29) is 23.1 Å². The predicted octanol–water partition coefficient (Wildman–Crippen LogP) is 4.40. The molecule has 3 nitrogen and oxygen atoms in total. The second kappa shape index (κ2) is 5.73. The number of rotatable bonds is 6. The van der Waals surface area contributed by atoms with Gasteiger partial charge in [0.15, 0.2) is 17.3 Å². The van der Waals surface area contributed by atoms with E-state index >= 15 is 4.39 Å². The van der Waals surface area contributed by atoms with Gasteiger partial charge >= 0.3 is 0 Å². The molecule has 1 spiro atoms. The van der Waals surface area contributed by atoms with Crippen LogP contribution in [-0.2, 0) is 5.54 Å². The Balaban J connectivity index is 2.15. The first-order valence-electron chi connectivity index (χ1n) is 8.46. The Hall–Kier alpha value is -1.29. The van der Waals surface area contributed by atoms with Gasteiger partial charge in [-0.1, -0.05) is 13.3 Å². The van der Waals surface area contributed by atoms with E-state index in [9.17, 15) is 0 Å². The highest BCUT2D eigenvalue weighted by molar-refractivity contribution is 5.56. The van der Waals surface area contributed by atoms with Crippen molar-refractivity contribution in [2.45, 2.75) is 58.0 Å². The van der Waals surface area contributed by atoms with Crippen LogP contribution in [0, 0.1) is 5.82 Å². The number of nitrogens with zero attached hydrogens (tertiary/aromatic N) is 1. The van der Waals surface area contributed by atoms with Crippen molar-refractivity contribution in [2.75, 3.05) is 20.3 Å². The summed E-state index contributed by atoms with van der Waals surface area (Å²) >= 11 is 0. The number of halogens is 1. The summed E-state index contributed by atoms with van der Waals surface area (Å²) in [4.78, 5) is 2.37. The van der Waals surface area contributed by atoms with Gasteiger partial charge in [0.1, 0.15) is 0 Å². The molecule has 4 heteroatoms. The molecule has 0 aromatic heterocycles. The normalized spacial score (nSPS) is 22.0. The highest BCUT2D eigenvalue weighted by Crippen LogP contribution is 2.62. The van der Waals surface area contributed by atoms with Crippen LogP contribution in [0.15, 0.2) is 6.07 Å². The monoisotopic (exact) mass is 307 g/mol. The molecule has 1 saturated carbocycles. The first-order chi connectivity index (χ1) is 10.6. The van der Waals surface area contributed by atoms with Gasteiger partial charge < -0.3 is 9.47 Å². The smallest absolute Gasteiger partial charge is 0.197 e. The van der Waals surface area contributed by atoms with Gasteiger partial charge in [-0.3, -0.25) is 4.90 Å². The molecule has 0 radical (unpaired) electrons. The molecule has 2 aliphatic rings. The average molecular weight is 307 g/mol. The molecule has 1 heterocycles. The molecule has 1 aromatic carbocycles. The molecule has 1 atom stereocenters. The molecule has 1 aromatic rings. The average Bonchev–Trinajstić information content (AvgIpc) is 3.26. The third-order valence-electron chi connectivity index (χ3n) is 5.08. The van der Waals surface area contributed by atoms with E-state index in [1.165, 1.54) is 0 Å². The van der Waals surface area contributed by atoms with Gasteiger partial charge in [0.25, 0.3) is 0 Å². The van der Waals surface area contributed by atoms with E-state index in [2.05, 4.69) is 18.9 Å². The van der Waals surface area contributed by atoms with Crippen LogP contribution in [0.2, 0.25) is 0 Å². The van der Waals surface area contributed by atoms with Crippen LogP contribution in [0.1, 0.15) is 63.6 Å². The van der Waals surface area contributed by atoms with Crippen LogP contribution in [0.3, 0.4) is 0 Å². The lowest BCUT2D eigenvalue weighted by Crippen LogP contribution is -2.27. The molecule has 0 saturated heterocycles. The van der Waals surface area contributed by atoms with Crippen molar-refractivity contribution in [3.63, 3.8) is 0 Å². The molecular weight excluding hydrogens is 281 g/mol. The molecule has 1 unspecified atom stereocenters. The quantitative estimate of drug-likeness (QED) is 0.777. The highest BCUT2D eigenvalue weighted by Gasteiger charge is 2.57. The minimum atomic E-state index is -0.211. The van der Waals surface area contributed by atoms with Crippen molar-refractivity contribution in [2.24, 2.45) is 0 Å². The van der Waals surface area contributed by atoms with Crippen molar-refractivity contribution in [3.05, 3.63) is 23.0 Å². The van der Waals surface area contributed by atoms with E-state index in [1.807, 2.05) is 19.9 Å². The molecule has 22 heavy (non-hydrogen) atoms. The minimum absolute atomic E-state index is 0.0343. The summed E-state index contributed by atoms with van der Waals surface area (Å²) in [5.74, 6) is 0.629. The summed E-state index contributed by atoms with van der Waals surface area (Å²) in [7, 11) is 2.13. The molecule has 122 valence electrons. The topological polar surface area (TPSA) is 21.7 Å². The first kappa shape index (κ1) is 15.6. The third kappa shape index (κ3) is 2.11. The van der Waals surface area contributed by atoms with Gasteiger partial charge in [-0.25, -0.2) is 4.39 Å². The maximum absolute atomic E-state index is 15.2. The Kier molecular flexibility index (Phi) is 4.06. The molecule has 3 rings (SSSR count). The Labute approximate surface area is 132 Å². The number of benzene rings is 1. The lowest BCUT2D eigenvalue weighted by Gasteiger charge is -2.25. The first-order valence-corrected chi connectivity index (χ1v) is 8.46. The molecule has 1 aliphatic heterocycles. The fourth-order valence-electron chi connectivity index (χ4n) is 3.91. The minimum Gasteiger partial charge on any atom is -0.490 e. The Bertz CT molecular complexity index is 569. The maximum atomic E-state index is 15.2. The fourth-order valence-corrected chi connectivity index (χ4v) is 3.91. The fraction of sp³-hybridized carbons (Fsp3) is 0.667. The van der Waals surface area contributed by atoms with Crippen LogP contribution >= 0.6 is 0 Å². The van der Waals surface area contributed by atoms with Crippen molar-refractivity contribution in [1.82, 2.24) is 4.90 Å². The number of hydrogen-bond donors (Lipinski definition) is 0. The van der Waals surface area contributed by atoms with Crippen LogP contribution < -0.4 is 9.47 Å². The summed E-state index contributed by atoms with van der Waals surface area (Å²) in [5, 5.41) is 0. The molecular formula is C18H26FNO2. The summed E-state index contributed by atoms with van der Waals surface area (Å²) in [6.07, 6.45) is 4.23. The summed E-state index contributed by atoms with van der Waals surface area (Å²) in [6.45, 7) is 6.90. The Morgan fingerprint density at radius 3 is 2.45 bits per heavy atom. The number of ether oxygens (including phenoxy) is 2. The van der Waals surface area contributed by atoms with Gasteiger partial charge in [-0.2, -0.15) is 0 Å². The Morgan fingerprint density at radius 1 is 1.23 bits per heavy atom. The van der Waals surface area contributed by atoms with Gasteiger partial charge in [-0.05, 0) is 51.8 Å². The van der Waals surface area contributed by atoms with Gasteiger partial charge in [0.2, 0.25) is 0 Å². The van der Waals surface area contributed by atoms with Crippen LogP contribution in [-0.4, -0.2) is 25.2 Å². The molecule has 0 N–H and O–H groups in total. The van der Waals surface area contributed by atoms with E-state index in [4.69, 9.17) is 9.47 Å². The zero-order valence-corrected chi connectivity index (χ0v) is 14.0. The molecule has 1 fully saturated rings. The van der Waals surface area contributed by atoms with Gasteiger partial charge in [0.05, 0.1) is 13.2 Å². The SMILES string of the molecule is CCCC1c2c(cc(OCC)c(OCC)c2F)C2(CC2)N1C. The maximum Gasteiger partial charge on any atom is 0.197 e. The zero-order chi connectivity index (χ0) is 15.9. The summed E-state index contributed by atoms with van der Waals surface area (Å²) < 4.78 is 26.5. The Morgan fingerprint density at radius 2 is 1.91 bits per heavy atom. The van der Waals surface area contributed by atoms with E-state index in [0.29, 0.717) is 19.0 Å². The number of fused-ring (bicyclic) bond motifs is 2. The second-order valence-electron chi connectivity index (χ2n) is 6.29. The third-order valence-corrected chi connectivity index (χ3v) is 5.08. The zero-order valence-electron chi connectivity index (χ0n) is 14.0. The lowest BCUT2D eigenvalue weighted by atomic mass is 9.97. The van der Waals surface area contributed by atoms with Crippen molar-refractivity contribution in [3.8, 4) is 11.5 Å². The molecule has 1 aliphatic carbocycles. The van der Waals surface area contributed by atoms with Crippen LogP contribution in [0.4, 0.5) is 4.39 Å². The van der Waals surface area contributed by atoms with Gasteiger partial charge in [-0.15, -0.1) is 0 Å². The van der Waals surface area contributed by atoms with Crippen LogP contribution in [0.5, 0.6) is 11.5 Å². The standard InChI is InChI=1S/C18H26FNO2/c1-5-8-13-15-12(18(9-10-18)20(13)4)11-14(21-6-2)17(16(15)19)22-7-3/h11,13H,5-10H2,1-4H3. The summed E-state index contributed by atoms with van der Waals surface area (Å²) in [5.41, 5.74) is 2.00. The second-order valence-corrected chi connectivity index (χ2v) is 6.29. The van der Waals surface area contributed by atoms with E-state index < -0.39 is 0 Å². The van der Waals surface area contributed by atoms with E-state index in [0.717, 1.165) is 36.8 Å². The van der Waals surface area contributed by atoms with E-state index in [1.54, 1.807) is 0 Å². The largest absolute Gasteiger partial charge is 0.490 e. The van der Waals surface area contributed by atoms with Crippen molar-refractivity contribution in [1.29, 1.82) is 0 Å². The van der Waals surface area contributed by atoms with Gasteiger partial charge in [0, 0.05) is 17.1 Å². The predicted molar refractivity (Wildman–Crippen MR) is 85.1 cm³/mol. The van der Waals surface area contributed by atoms with Crippen molar-refractivity contribution < 1.29 is 13.9 Å². The van der Waals surface area contributed by atoms with Crippen LogP contribution in [0.25, 0.3) is 0 Å². The van der Waals surface area contributed by atoms with Crippen molar-refractivity contribution >= 4 is 0 Å². The highest BCUT2D eigenvalue weighted by atomic mass is 19.1. The molecule has 0 amide bonds. The summed E-state index contributed by atoms with van der Waals surface area (Å²) in [6, 6.07) is 2.18. The molecule has 0 bridgehead atoms.